The molecule has 0 heterocycles. The van der Waals surface area contributed by atoms with Gasteiger partial charge in [0.15, 0.2) is 0 Å². The Hall–Kier alpha value is -0.300. The highest BCUT2D eigenvalue weighted by atomic mass is 79.9. The normalized spacial score (nSPS) is 29.5. The molecule has 2 rings (SSSR count). The molecule has 0 aromatic heterocycles. The maximum atomic E-state index is 3.60. The van der Waals surface area contributed by atoms with E-state index in [2.05, 4.69) is 46.3 Å². The molecule has 0 bridgehead atoms. The summed E-state index contributed by atoms with van der Waals surface area (Å²) in [6, 6.07) is 10.8. The lowest BCUT2D eigenvalue weighted by molar-refractivity contribution is 0.442. The first-order valence-corrected chi connectivity index (χ1v) is 4.97. The van der Waals surface area contributed by atoms with Crippen LogP contribution in [0.2, 0.25) is 0 Å². The molecule has 1 fully saturated rings. The molecular formula is C10H11Br. The van der Waals surface area contributed by atoms with Crippen molar-refractivity contribution in [3.63, 3.8) is 0 Å². The molecule has 0 atom stereocenters. The quantitative estimate of drug-likeness (QED) is 0.625. The zero-order valence-corrected chi connectivity index (χ0v) is 7.92. The van der Waals surface area contributed by atoms with Crippen LogP contribution in [0.5, 0.6) is 0 Å². The predicted molar refractivity (Wildman–Crippen MR) is 51.1 cm³/mol. The minimum Gasteiger partial charge on any atom is -0.0890 e. The molecule has 0 amide bonds. The summed E-state index contributed by atoms with van der Waals surface area (Å²) in [4.78, 5) is 0.771. The number of halogens is 1. The van der Waals surface area contributed by atoms with Crippen molar-refractivity contribution >= 4 is 15.9 Å². The van der Waals surface area contributed by atoms with Crippen LogP contribution in [0.3, 0.4) is 0 Å². The zero-order valence-electron chi connectivity index (χ0n) is 6.33. The van der Waals surface area contributed by atoms with Gasteiger partial charge in [-0.05, 0) is 24.3 Å². The van der Waals surface area contributed by atoms with Gasteiger partial charge in [-0.15, -0.1) is 0 Å². The molecule has 0 unspecified atom stereocenters. The van der Waals surface area contributed by atoms with E-state index in [9.17, 15) is 0 Å². The van der Waals surface area contributed by atoms with E-state index in [4.69, 9.17) is 0 Å². The van der Waals surface area contributed by atoms with Crippen LogP contribution in [-0.2, 0) is 0 Å². The van der Waals surface area contributed by atoms with E-state index in [-0.39, 0.29) is 0 Å². The lowest BCUT2D eigenvalue weighted by Gasteiger charge is -2.31. The fraction of sp³-hybridized carbons (Fsp3) is 0.400. The van der Waals surface area contributed by atoms with E-state index < -0.39 is 0 Å². The lowest BCUT2D eigenvalue weighted by Crippen LogP contribution is -2.21. The van der Waals surface area contributed by atoms with Gasteiger partial charge < -0.3 is 0 Å². The van der Waals surface area contributed by atoms with Gasteiger partial charge in [-0.3, -0.25) is 0 Å². The highest BCUT2D eigenvalue weighted by molar-refractivity contribution is 9.09. The third-order valence-corrected chi connectivity index (χ3v) is 3.10. The maximum Gasteiger partial charge on any atom is 0.0157 e. The van der Waals surface area contributed by atoms with E-state index >= 15 is 0 Å². The largest absolute Gasteiger partial charge is 0.0890 e. The Kier molecular flexibility index (Phi) is 1.99. The minimum atomic E-state index is 0.771. The molecule has 1 aliphatic carbocycles. The van der Waals surface area contributed by atoms with Crippen LogP contribution in [0.25, 0.3) is 0 Å². The second kappa shape index (κ2) is 2.98. The Morgan fingerprint density at radius 1 is 1.09 bits per heavy atom. The van der Waals surface area contributed by atoms with Gasteiger partial charge in [0, 0.05) is 4.83 Å². The van der Waals surface area contributed by atoms with Crippen molar-refractivity contribution in [2.45, 2.75) is 23.6 Å². The van der Waals surface area contributed by atoms with Crippen molar-refractivity contribution in [3.05, 3.63) is 35.9 Å². The van der Waals surface area contributed by atoms with Gasteiger partial charge in [-0.25, -0.2) is 0 Å². The third-order valence-electron chi connectivity index (χ3n) is 2.35. The standard InChI is InChI=1S/C10H11Br/c11-10-6-9(7-10)8-4-2-1-3-5-8/h1-5,9-10H,6-7H2. The van der Waals surface area contributed by atoms with Crippen LogP contribution >= 0.6 is 15.9 Å². The molecule has 1 heteroatoms. The van der Waals surface area contributed by atoms with Gasteiger partial charge in [0.25, 0.3) is 0 Å². The summed E-state index contributed by atoms with van der Waals surface area (Å²) >= 11 is 3.60. The van der Waals surface area contributed by atoms with E-state index in [0.717, 1.165) is 10.7 Å². The van der Waals surface area contributed by atoms with E-state index in [1.807, 2.05) is 0 Å². The fourth-order valence-corrected chi connectivity index (χ4v) is 2.45. The Balaban J connectivity index is 2.08. The van der Waals surface area contributed by atoms with E-state index in [1.54, 1.807) is 0 Å². The van der Waals surface area contributed by atoms with Crippen molar-refractivity contribution in [1.29, 1.82) is 0 Å². The van der Waals surface area contributed by atoms with Crippen LogP contribution in [0.4, 0.5) is 0 Å². The van der Waals surface area contributed by atoms with E-state index in [1.165, 1.54) is 18.4 Å². The molecule has 0 aliphatic heterocycles. The molecule has 1 aromatic carbocycles. The predicted octanol–water partition coefficient (Wildman–Crippen LogP) is 3.33. The van der Waals surface area contributed by atoms with Crippen LogP contribution < -0.4 is 0 Å². The Morgan fingerprint density at radius 3 is 2.27 bits per heavy atom. The van der Waals surface area contributed by atoms with Gasteiger partial charge >= 0.3 is 0 Å². The fourth-order valence-electron chi connectivity index (χ4n) is 1.55. The molecule has 1 aromatic rings. The molecule has 0 spiro atoms. The van der Waals surface area contributed by atoms with Crippen molar-refractivity contribution in [2.75, 3.05) is 0 Å². The van der Waals surface area contributed by atoms with Crippen LogP contribution in [0.1, 0.15) is 24.3 Å². The Labute approximate surface area is 75.8 Å². The summed E-state index contributed by atoms with van der Waals surface area (Å²) in [6.07, 6.45) is 2.62. The third kappa shape index (κ3) is 1.48. The topological polar surface area (TPSA) is 0 Å². The van der Waals surface area contributed by atoms with E-state index in [0.29, 0.717) is 0 Å². The number of hydrogen-bond donors (Lipinski definition) is 0. The second-order valence-electron chi connectivity index (χ2n) is 3.18. The summed E-state index contributed by atoms with van der Waals surface area (Å²) in [5, 5.41) is 0. The van der Waals surface area contributed by atoms with Crippen molar-refractivity contribution in [2.24, 2.45) is 0 Å². The summed E-state index contributed by atoms with van der Waals surface area (Å²) < 4.78 is 0. The van der Waals surface area contributed by atoms with Gasteiger partial charge in [-0.2, -0.15) is 0 Å². The number of benzene rings is 1. The van der Waals surface area contributed by atoms with Crippen molar-refractivity contribution in [1.82, 2.24) is 0 Å². The first-order chi connectivity index (χ1) is 5.36. The Bertz CT molecular complexity index is 224. The molecular weight excluding hydrogens is 200 g/mol. The van der Waals surface area contributed by atoms with Crippen molar-refractivity contribution < 1.29 is 0 Å². The average molecular weight is 211 g/mol. The second-order valence-corrected chi connectivity index (χ2v) is 4.47. The Morgan fingerprint density at radius 2 is 1.73 bits per heavy atom. The smallest absolute Gasteiger partial charge is 0.0157 e. The highest BCUT2D eigenvalue weighted by Gasteiger charge is 2.27. The molecule has 1 saturated carbocycles. The molecule has 0 radical (unpaired) electrons. The number of alkyl halides is 1. The summed E-state index contributed by atoms with van der Waals surface area (Å²) in [7, 11) is 0. The number of rotatable bonds is 1. The molecule has 58 valence electrons. The average Bonchev–Trinajstić information content (AvgIpc) is 2.01. The van der Waals surface area contributed by atoms with Gasteiger partial charge in [-0.1, -0.05) is 46.3 Å². The minimum absolute atomic E-state index is 0.771. The molecule has 11 heavy (non-hydrogen) atoms. The van der Waals surface area contributed by atoms with Gasteiger partial charge in [0.2, 0.25) is 0 Å². The summed E-state index contributed by atoms with van der Waals surface area (Å²) in [5.41, 5.74) is 1.50. The SMILES string of the molecule is BrC1CC(c2ccccc2)C1. The van der Waals surface area contributed by atoms with Gasteiger partial charge in [0.1, 0.15) is 0 Å². The summed E-state index contributed by atoms with van der Waals surface area (Å²) in [5.74, 6) is 0.820. The van der Waals surface area contributed by atoms with Crippen molar-refractivity contribution in [3.8, 4) is 0 Å². The highest BCUT2D eigenvalue weighted by Crippen LogP contribution is 2.40. The van der Waals surface area contributed by atoms with Crippen LogP contribution in [-0.4, -0.2) is 4.83 Å². The van der Waals surface area contributed by atoms with Crippen LogP contribution in [0.15, 0.2) is 30.3 Å². The zero-order chi connectivity index (χ0) is 7.68. The lowest BCUT2D eigenvalue weighted by atomic mass is 9.80. The first-order valence-electron chi connectivity index (χ1n) is 4.05. The maximum absolute atomic E-state index is 3.60. The monoisotopic (exact) mass is 210 g/mol. The number of hydrogen-bond acceptors (Lipinski definition) is 0. The first kappa shape index (κ1) is 7.35. The molecule has 0 saturated heterocycles. The molecule has 0 nitrogen and oxygen atoms in total. The molecule has 0 N–H and O–H groups in total. The molecule has 1 aliphatic rings. The van der Waals surface area contributed by atoms with Gasteiger partial charge in [0.05, 0.1) is 0 Å². The summed E-state index contributed by atoms with van der Waals surface area (Å²) in [6.45, 7) is 0. The van der Waals surface area contributed by atoms with Crippen LogP contribution in [0, 0.1) is 0 Å².